The number of hydrogen-bond acceptors (Lipinski definition) is 14. The summed E-state index contributed by atoms with van der Waals surface area (Å²) in [6.07, 6.45) is 0. The molecule has 2 fully saturated rings. The second-order valence-corrected chi connectivity index (χ2v) is 27.3. The zero-order chi connectivity index (χ0) is 33.1. The summed E-state index contributed by atoms with van der Waals surface area (Å²) in [5.74, 6) is -18.6. The predicted octanol–water partition coefficient (Wildman–Crippen LogP) is 11.4. The third-order valence-electron chi connectivity index (χ3n) is 6.20. The van der Waals surface area contributed by atoms with Gasteiger partial charge in [0.05, 0.1) is 31.8 Å². The summed E-state index contributed by atoms with van der Waals surface area (Å²) in [6, 6.07) is 0. The van der Waals surface area contributed by atoms with Gasteiger partial charge in [0, 0.05) is 0 Å². The first-order valence-corrected chi connectivity index (χ1v) is 24.8. The average molecular weight is 864 g/mol. The minimum Gasteiger partial charge on any atom is -0.315 e. The Balaban J connectivity index is 1.30. The van der Waals surface area contributed by atoms with Crippen molar-refractivity contribution >= 4 is 87.4 Å². The van der Waals surface area contributed by atoms with Crippen LogP contribution in [-0.2, 0) is 36.2 Å². The summed E-state index contributed by atoms with van der Waals surface area (Å²) < 4.78 is 178. The van der Waals surface area contributed by atoms with Gasteiger partial charge in [-0.25, -0.2) is 0 Å². The van der Waals surface area contributed by atoms with Crippen LogP contribution in [-0.4, -0.2) is 76.5 Å². The van der Waals surface area contributed by atoms with Crippen LogP contribution in [0, 0.1) is 5.41 Å². The van der Waals surface area contributed by atoms with Crippen LogP contribution < -0.4 is 0 Å². The van der Waals surface area contributed by atoms with Crippen molar-refractivity contribution in [1.29, 1.82) is 0 Å². The molecule has 4 unspecified atom stereocenters. The number of alkyl halides is 8. The molecule has 4 atom stereocenters. The Labute approximate surface area is 267 Å². The molecule has 0 aliphatic carbocycles. The van der Waals surface area contributed by atoms with Gasteiger partial charge in [-0.05, 0) is 45.0 Å². The highest BCUT2D eigenvalue weighted by Gasteiger charge is 2.63. The van der Waals surface area contributed by atoms with Crippen LogP contribution in [0.1, 0.15) is 0 Å². The average Bonchev–Trinajstić information content (AvgIpc) is 3.03. The van der Waals surface area contributed by atoms with Crippen molar-refractivity contribution in [2.45, 2.75) is 23.7 Å². The monoisotopic (exact) mass is 862 g/mol. The van der Waals surface area contributed by atoms with E-state index in [0.29, 0.717) is 0 Å². The minimum absolute atomic E-state index is 0.542. The van der Waals surface area contributed by atoms with Gasteiger partial charge in [0.15, 0.2) is 0 Å². The van der Waals surface area contributed by atoms with E-state index in [0.717, 1.165) is 0 Å². The van der Waals surface area contributed by atoms with Crippen molar-refractivity contribution in [1.82, 2.24) is 0 Å². The zero-order valence-electron chi connectivity index (χ0n) is 21.3. The molecule has 6 aliphatic heterocycles. The standard InChI is InChI=1S/C13H16Cl4F8N6O8P6/c14-40-26-41(15,29-44(28-40)36-5-10(18,19)11(20,21)6-37-44)33-2-9(1-32-40)3-34-42(16)27-43(17,35-4-9)31-45(30-42)38-7-12(22,23)13(24,25)8-39-45/h1-8H2. The lowest BCUT2D eigenvalue weighted by Gasteiger charge is -2.40. The molecule has 0 radical (unpaired) electrons. The van der Waals surface area contributed by atoms with Gasteiger partial charge in [-0.3, -0.25) is 18.1 Å². The molecule has 0 aromatic heterocycles. The SMILES string of the molecule is FC1(F)COP2(=NP3(Cl)=NP(Cl)(=N2)OCC2(CO3)COP3(Cl)=NP(Cl)(=NP4(=N3)OCC(F)(F)C(F)(F)CO4)OC2)OCC1(F)F. The summed E-state index contributed by atoms with van der Waals surface area (Å²) in [6.45, 7) is -25.9. The maximum Gasteiger partial charge on any atom is 0.347 e. The number of rotatable bonds is 0. The quantitative estimate of drug-likeness (QED) is 0.173. The number of hydrogen-bond donors (Lipinski definition) is 0. The minimum atomic E-state index is -4.65. The Morgan fingerprint density at radius 1 is 0.356 bits per heavy atom. The molecule has 6 rings (SSSR count). The Morgan fingerprint density at radius 3 is 0.867 bits per heavy atom. The maximum atomic E-state index is 14.0. The van der Waals surface area contributed by atoms with Gasteiger partial charge in [-0.1, -0.05) is 0 Å². The third kappa shape index (κ3) is 6.98. The van der Waals surface area contributed by atoms with E-state index in [9.17, 15) is 35.1 Å². The van der Waals surface area contributed by atoms with Gasteiger partial charge in [-0.15, -0.1) is 0 Å². The lowest BCUT2D eigenvalue weighted by Crippen LogP contribution is -2.45. The van der Waals surface area contributed by atoms with Gasteiger partial charge in [0.25, 0.3) is 0 Å². The van der Waals surface area contributed by atoms with Crippen LogP contribution >= 0.6 is 87.4 Å². The van der Waals surface area contributed by atoms with E-state index >= 15 is 0 Å². The second kappa shape index (κ2) is 11.3. The highest BCUT2D eigenvalue weighted by molar-refractivity contribution is 8.01. The zero-order valence-corrected chi connectivity index (χ0v) is 29.7. The fourth-order valence-corrected chi connectivity index (χ4v) is 27.2. The molecule has 32 heteroatoms. The van der Waals surface area contributed by atoms with E-state index in [1.807, 2.05) is 0 Å². The van der Waals surface area contributed by atoms with Crippen LogP contribution in [0.3, 0.4) is 0 Å². The first-order valence-electron chi connectivity index (χ1n) is 11.7. The van der Waals surface area contributed by atoms with Crippen LogP contribution in [0.4, 0.5) is 35.1 Å². The molecule has 4 bridgehead atoms. The lowest BCUT2D eigenvalue weighted by atomic mass is 9.93. The molecule has 0 N–H and O–H groups in total. The Hall–Kier alpha value is 1.66. The molecule has 45 heavy (non-hydrogen) atoms. The van der Waals surface area contributed by atoms with Crippen molar-refractivity contribution in [3.8, 4) is 0 Å². The molecular formula is C13H16Cl4F8N6O8P6. The normalized spacial score (nSPS) is 45.6. The molecule has 0 aromatic rings. The number of nitrogens with zero attached hydrogens (tertiary/aromatic N) is 6. The van der Waals surface area contributed by atoms with Gasteiger partial charge in [0.2, 0.25) is 0 Å². The molecule has 6 aliphatic rings. The Kier molecular flexibility index (Phi) is 9.18. The van der Waals surface area contributed by atoms with E-state index in [-0.39, 0.29) is 0 Å². The van der Waals surface area contributed by atoms with Crippen LogP contribution in [0.15, 0.2) is 27.1 Å². The van der Waals surface area contributed by atoms with Gasteiger partial charge >= 0.3 is 66.1 Å². The first kappa shape index (κ1) is 36.5. The van der Waals surface area contributed by atoms with Crippen molar-refractivity contribution in [3.05, 3.63) is 0 Å². The van der Waals surface area contributed by atoms with Gasteiger partial charge < -0.3 is 18.1 Å². The van der Waals surface area contributed by atoms with E-state index in [1.165, 1.54) is 0 Å². The van der Waals surface area contributed by atoms with Gasteiger partial charge in [-0.2, -0.15) is 62.2 Å². The molecule has 14 nitrogen and oxygen atoms in total. The maximum absolute atomic E-state index is 14.0. The largest absolute Gasteiger partial charge is 0.347 e. The first-order chi connectivity index (χ1) is 20.4. The van der Waals surface area contributed by atoms with Gasteiger partial charge in [0.1, 0.15) is 26.4 Å². The van der Waals surface area contributed by atoms with Crippen LogP contribution in [0.2, 0.25) is 0 Å². The second-order valence-electron chi connectivity index (χ2n) is 9.91. The van der Waals surface area contributed by atoms with E-state index in [4.69, 9.17) is 81.2 Å². The van der Waals surface area contributed by atoms with Crippen molar-refractivity contribution in [2.75, 3.05) is 52.9 Å². The molecule has 2 saturated heterocycles. The molecular weight excluding hydrogens is 848 g/mol. The summed E-state index contributed by atoms with van der Waals surface area (Å²) in [7, 11) is -8.75. The molecule has 0 aromatic carbocycles. The topological polar surface area (TPSA) is 148 Å². The fourth-order valence-electron chi connectivity index (χ4n) is 3.63. The summed E-state index contributed by atoms with van der Waals surface area (Å²) in [5.41, 5.74) is -1.48. The molecule has 3 spiro atoms. The summed E-state index contributed by atoms with van der Waals surface area (Å²) >= 11 is 26.0. The highest BCUT2D eigenvalue weighted by atomic mass is 35.7. The molecule has 6 heterocycles. The predicted molar refractivity (Wildman–Crippen MR) is 149 cm³/mol. The van der Waals surface area contributed by atoms with Crippen molar-refractivity contribution in [2.24, 2.45) is 32.5 Å². The molecule has 0 saturated carbocycles. The van der Waals surface area contributed by atoms with E-state index < -0.39 is 124 Å². The van der Waals surface area contributed by atoms with Crippen molar-refractivity contribution < 1.29 is 71.3 Å². The fraction of sp³-hybridized carbons (Fsp3) is 1.00. The number of fused-ring (bicyclic) bond motifs is 2. The van der Waals surface area contributed by atoms with Crippen LogP contribution in [0.5, 0.6) is 0 Å². The summed E-state index contributed by atoms with van der Waals surface area (Å²) in [4.78, 5) is 0. The Morgan fingerprint density at radius 2 is 0.600 bits per heavy atom. The Bertz CT molecular complexity index is 1480. The number of halogens is 12. The molecule has 0 amide bonds. The summed E-state index contributed by atoms with van der Waals surface area (Å²) in [5, 5.41) is 0. The highest BCUT2D eigenvalue weighted by Crippen LogP contribution is 2.86. The van der Waals surface area contributed by atoms with E-state index in [1.54, 1.807) is 0 Å². The lowest BCUT2D eigenvalue weighted by molar-refractivity contribution is -0.222. The van der Waals surface area contributed by atoms with E-state index in [2.05, 4.69) is 27.1 Å². The third-order valence-corrected chi connectivity index (χ3v) is 26.6. The molecule has 260 valence electrons. The smallest absolute Gasteiger partial charge is 0.315 e. The van der Waals surface area contributed by atoms with Crippen LogP contribution in [0.25, 0.3) is 0 Å². The van der Waals surface area contributed by atoms with Crippen molar-refractivity contribution in [3.63, 3.8) is 0 Å².